The molecule has 0 radical (unpaired) electrons. The number of likely N-dealkylation sites (tertiary alicyclic amines) is 1. The molecule has 0 saturated carbocycles. The van der Waals surface area contributed by atoms with Gasteiger partial charge in [0.2, 0.25) is 0 Å². The molecule has 0 aromatic heterocycles. The van der Waals surface area contributed by atoms with E-state index in [0.717, 1.165) is 57.6 Å². The van der Waals surface area contributed by atoms with Crippen molar-refractivity contribution in [1.29, 1.82) is 0 Å². The second kappa shape index (κ2) is 11.9. The predicted octanol–water partition coefficient (Wildman–Crippen LogP) is 1.90. The van der Waals surface area contributed by atoms with Crippen molar-refractivity contribution >= 4 is 29.9 Å². The molecule has 8 heteroatoms. The number of aliphatic imine (C=N–C) groups is 1. The predicted molar refractivity (Wildman–Crippen MR) is 129 cm³/mol. The summed E-state index contributed by atoms with van der Waals surface area (Å²) in [6.07, 6.45) is 1.19. The van der Waals surface area contributed by atoms with Crippen LogP contribution in [-0.2, 0) is 4.74 Å². The Bertz CT molecular complexity index is 652. The van der Waals surface area contributed by atoms with Gasteiger partial charge in [-0.05, 0) is 38.2 Å². The lowest BCUT2D eigenvalue weighted by Crippen LogP contribution is -2.47. The average Bonchev–Trinajstić information content (AvgIpc) is 3.21. The summed E-state index contributed by atoms with van der Waals surface area (Å²) in [4.78, 5) is 11.7. The number of guanidine groups is 1. The first kappa shape index (κ1) is 24.2. The average molecular weight is 517 g/mol. The fourth-order valence-corrected chi connectivity index (χ4v) is 4.14. The maximum atomic E-state index is 5.50. The molecule has 2 aliphatic heterocycles. The van der Waals surface area contributed by atoms with Crippen molar-refractivity contribution < 1.29 is 9.47 Å². The fraction of sp³-hybridized carbons (Fsp3) is 0.667. The van der Waals surface area contributed by atoms with Gasteiger partial charge in [-0.2, -0.15) is 0 Å². The van der Waals surface area contributed by atoms with Gasteiger partial charge in [-0.1, -0.05) is 12.1 Å². The first-order valence-electron chi connectivity index (χ1n) is 10.2. The van der Waals surface area contributed by atoms with E-state index < -0.39 is 0 Å². The van der Waals surface area contributed by atoms with Crippen LogP contribution in [0.2, 0.25) is 0 Å². The molecule has 0 spiro atoms. The zero-order valence-electron chi connectivity index (χ0n) is 18.1. The summed E-state index contributed by atoms with van der Waals surface area (Å²) in [6, 6.07) is 9.14. The van der Waals surface area contributed by atoms with Gasteiger partial charge in [0, 0.05) is 45.8 Å². The van der Waals surface area contributed by atoms with E-state index >= 15 is 0 Å². The van der Waals surface area contributed by atoms with Gasteiger partial charge in [0.15, 0.2) is 5.96 Å². The first-order chi connectivity index (χ1) is 13.6. The largest absolute Gasteiger partial charge is 0.497 e. The van der Waals surface area contributed by atoms with Crippen molar-refractivity contribution in [3.8, 4) is 5.75 Å². The molecule has 7 nitrogen and oxygen atoms in total. The summed E-state index contributed by atoms with van der Waals surface area (Å²) in [5.74, 6) is 1.88. The quantitative estimate of drug-likeness (QED) is 0.354. The Balaban J connectivity index is 0.00000300. The lowest BCUT2D eigenvalue weighted by Gasteiger charge is -2.32. The number of methoxy groups -OCH3 is 1. The Morgan fingerprint density at radius 1 is 1.31 bits per heavy atom. The zero-order valence-corrected chi connectivity index (χ0v) is 20.5. The van der Waals surface area contributed by atoms with E-state index in [1.807, 2.05) is 19.2 Å². The van der Waals surface area contributed by atoms with Crippen molar-refractivity contribution in [2.45, 2.75) is 18.5 Å². The van der Waals surface area contributed by atoms with Crippen LogP contribution in [0.25, 0.3) is 0 Å². The van der Waals surface area contributed by atoms with Crippen molar-refractivity contribution in [3.05, 3.63) is 29.8 Å². The Hall–Kier alpha value is -1.10. The molecule has 0 amide bonds. The van der Waals surface area contributed by atoms with Crippen LogP contribution >= 0.6 is 24.0 Å². The number of ether oxygens (including phenoxy) is 2. The fourth-order valence-electron chi connectivity index (χ4n) is 4.14. The summed E-state index contributed by atoms with van der Waals surface area (Å²) < 4.78 is 10.9. The maximum absolute atomic E-state index is 5.50. The van der Waals surface area contributed by atoms with Gasteiger partial charge >= 0.3 is 0 Å². The molecular weight excluding hydrogens is 481 g/mol. The van der Waals surface area contributed by atoms with E-state index in [-0.39, 0.29) is 30.0 Å². The highest BCUT2D eigenvalue weighted by atomic mass is 127. The molecule has 29 heavy (non-hydrogen) atoms. The third kappa shape index (κ3) is 6.44. The van der Waals surface area contributed by atoms with Gasteiger partial charge in [0.05, 0.1) is 26.4 Å². The van der Waals surface area contributed by atoms with Crippen molar-refractivity contribution in [2.24, 2.45) is 4.99 Å². The van der Waals surface area contributed by atoms with Gasteiger partial charge in [0.25, 0.3) is 0 Å². The highest BCUT2D eigenvalue weighted by molar-refractivity contribution is 14.0. The number of halogens is 1. The topological polar surface area (TPSA) is 52.6 Å². The molecule has 2 atom stereocenters. The third-order valence-corrected chi connectivity index (χ3v) is 5.79. The molecule has 1 aromatic carbocycles. The normalized spacial score (nSPS) is 21.8. The Morgan fingerprint density at radius 3 is 2.72 bits per heavy atom. The van der Waals surface area contributed by atoms with Crippen LogP contribution in [0.3, 0.4) is 0 Å². The Morgan fingerprint density at radius 2 is 2.07 bits per heavy atom. The molecule has 1 aromatic rings. The minimum atomic E-state index is 0. The summed E-state index contributed by atoms with van der Waals surface area (Å²) in [7, 11) is 7.81. The number of rotatable bonds is 6. The van der Waals surface area contributed by atoms with E-state index in [4.69, 9.17) is 9.47 Å². The zero-order chi connectivity index (χ0) is 19.9. The smallest absolute Gasteiger partial charge is 0.193 e. The van der Waals surface area contributed by atoms with Crippen molar-refractivity contribution in [1.82, 2.24) is 20.0 Å². The van der Waals surface area contributed by atoms with Crippen molar-refractivity contribution in [2.75, 3.05) is 74.2 Å². The first-order valence-corrected chi connectivity index (χ1v) is 10.2. The monoisotopic (exact) mass is 517 g/mol. The number of nitrogens with one attached hydrogen (secondary N) is 1. The lowest BCUT2D eigenvalue weighted by atomic mass is 10.1. The summed E-state index contributed by atoms with van der Waals surface area (Å²) >= 11 is 0. The summed E-state index contributed by atoms with van der Waals surface area (Å²) in [5.41, 5.74) is 1.24. The number of hydrogen-bond donors (Lipinski definition) is 1. The van der Waals surface area contributed by atoms with Crippen LogP contribution in [0.1, 0.15) is 18.0 Å². The van der Waals surface area contributed by atoms with Crippen LogP contribution in [-0.4, -0.2) is 101 Å². The Kier molecular flexibility index (Phi) is 9.94. The summed E-state index contributed by atoms with van der Waals surface area (Å²) in [5, 5.41) is 3.60. The van der Waals surface area contributed by atoms with Crippen LogP contribution in [0.4, 0.5) is 0 Å². The molecular formula is C21H36IN5O2. The van der Waals surface area contributed by atoms with Crippen LogP contribution in [0.5, 0.6) is 5.75 Å². The molecule has 2 heterocycles. The van der Waals surface area contributed by atoms with Crippen LogP contribution in [0.15, 0.2) is 29.3 Å². The minimum absolute atomic E-state index is 0. The van der Waals surface area contributed by atoms with E-state index in [9.17, 15) is 0 Å². The molecule has 2 fully saturated rings. The highest BCUT2D eigenvalue weighted by Crippen LogP contribution is 2.22. The molecule has 0 bridgehead atoms. The molecule has 2 aliphatic rings. The number of likely N-dealkylation sites (N-methyl/N-ethyl adjacent to an activating group) is 1. The number of nitrogens with zero attached hydrogens (tertiary/aromatic N) is 4. The summed E-state index contributed by atoms with van der Waals surface area (Å²) in [6.45, 7) is 6.68. The van der Waals surface area contributed by atoms with Gasteiger partial charge in [-0.3, -0.25) is 9.89 Å². The molecule has 164 valence electrons. The number of benzene rings is 1. The highest BCUT2D eigenvalue weighted by Gasteiger charge is 2.30. The molecule has 3 rings (SSSR count). The standard InChI is InChI=1S/C21H35N5O2.HI/c1-22-21(26-9-8-18(16-26)25-10-12-28-13-11-25)23-15-20(24(2)3)17-6-5-7-19(14-17)27-4;/h5-7,14,18,20H,8-13,15-16H2,1-4H3,(H,22,23);1H. The number of hydrogen-bond acceptors (Lipinski definition) is 5. The molecule has 0 aliphatic carbocycles. The van der Waals surface area contributed by atoms with Crippen LogP contribution < -0.4 is 10.1 Å². The van der Waals surface area contributed by atoms with Gasteiger partial charge in [-0.25, -0.2) is 0 Å². The molecule has 2 unspecified atom stereocenters. The van der Waals surface area contributed by atoms with E-state index in [1.54, 1.807) is 7.11 Å². The van der Waals surface area contributed by atoms with Gasteiger partial charge in [-0.15, -0.1) is 24.0 Å². The van der Waals surface area contributed by atoms with E-state index in [0.29, 0.717) is 6.04 Å². The number of morpholine rings is 1. The minimum Gasteiger partial charge on any atom is -0.497 e. The third-order valence-electron chi connectivity index (χ3n) is 5.79. The molecule has 1 N–H and O–H groups in total. The van der Waals surface area contributed by atoms with Gasteiger partial charge in [0.1, 0.15) is 5.75 Å². The SMILES string of the molecule is CN=C(NCC(c1cccc(OC)c1)N(C)C)N1CCC(N2CCOCC2)C1.I. The second-order valence-electron chi connectivity index (χ2n) is 7.72. The Labute approximate surface area is 192 Å². The van der Waals surface area contributed by atoms with Gasteiger partial charge < -0.3 is 24.6 Å². The van der Waals surface area contributed by atoms with Crippen molar-refractivity contribution in [3.63, 3.8) is 0 Å². The maximum Gasteiger partial charge on any atom is 0.193 e. The second-order valence-corrected chi connectivity index (χ2v) is 7.72. The lowest BCUT2D eigenvalue weighted by molar-refractivity contribution is 0.0195. The van der Waals surface area contributed by atoms with Crippen LogP contribution in [0, 0.1) is 0 Å². The van der Waals surface area contributed by atoms with E-state index in [1.165, 1.54) is 12.0 Å². The van der Waals surface area contributed by atoms with E-state index in [2.05, 4.69) is 51.2 Å². The molecule has 2 saturated heterocycles.